The van der Waals surface area contributed by atoms with Crippen LogP contribution in [0.15, 0.2) is 36.0 Å². The molecule has 0 aliphatic heterocycles. The van der Waals surface area contributed by atoms with E-state index in [2.05, 4.69) is 6.58 Å². The second kappa shape index (κ2) is 4.94. The number of allylic oxidation sites excluding steroid dienone is 5. The van der Waals surface area contributed by atoms with Crippen molar-refractivity contribution in [1.29, 1.82) is 0 Å². The first-order chi connectivity index (χ1) is 6.94. The van der Waals surface area contributed by atoms with Crippen molar-refractivity contribution < 1.29 is 8.78 Å². The lowest BCUT2D eigenvalue weighted by Gasteiger charge is -2.23. The minimum absolute atomic E-state index is 0.255. The summed E-state index contributed by atoms with van der Waals surface area (Å²) in [5.41, 5.74) is -0.257. The molecule has 0 aromatic rings. The largest absolute Gasteiger partial charge is 0.211 e. The number of hydrogen-bond acceptors (Lipinski definition) is 0. The van der Waals surface area contributed by atoms with Crippen LogP contribution in [0.3, 0.4) is 0 Å². The van der Waals surface area contributed by atoms with Crippen LogP contribution in [0, 0.1) is 10.8 Å². The molecule has 0 saturated heterocycles. The van der Waals surface area contributed by atoms with Crippen LogP contribution >= 0.6 is 0 Å². The molecule has 0 aromatic carbocycles. The molecule has 16 heavy (non-hydrogen) atoms. The van der Waals surface area contributed by atoms with E-state index in [1.165, 1.54) is 12.2 Å². The molecule has 0 rings (SSSR count). The molecule has 0 saturated carbocycles. The van der Waals surface area contributed by atoms with Gasteiger partial charge in [0.15, 0.2) is 0 Å². The van der Waals surface area contributed by atoms with E-state index in [1.807, 2.05) is 20.8 Å². The number of rotatable bonds is 2. The summed E-state index contributed by atoms with van der Waals surface area (Å²) < 4.78 is 26.6. The number of halogens is 2. The van der Waals surface area contributed by atoms with E-state index in [4.69, 9.17) is 0 Å². The second-order valence-electron chi connectivity index (χ2n) is 6.04. The molecule has 0 amide bonds. The van der Waals surface area contributed by atoms with Crippen LogP contribution in [0.2, 0.25) is 0 Å². The summed E-state index contributed by atoms with van der Waals surface area (Å²) in [5.74, 6) is -0.808. The summed E-state index contributed by atoms with van der Waals surface area (Å²) in [4.78, 5) is 0. The highest BCUT2D eigenvalue weighted by Crippen LogP contribution is 2.33. The molecule has 0 atom stereocenters. The van der Waals surface area contributed by atoms with Crippen LogP contribution < -0.4 is 0 Å². The molecule has 0 unspecified atom stereocenters. The first kappa shape index (κ1) is 15.1. The Bertz CT molecular complexity index is 320. The van der Waals surface area contributed by atoms with E-state index in [9.17, 15) is 8.78 Å². The Morgan fingerprint density at radius 1 is 0.875 bits per heavy atom. The summed E-state index contributed by atoms with van der Waals surface area (Å²) in [6.07, 6.45) is 2.69. The molecule has 2 heteroatoms. The van der Waals surface area contributed by atoms with Crippen LogP contribution in [-0.2, 0) is 0 Å². The maximum Gasteiger partial charge on any atom is 0.116 e. The standard InChI is InChI=1S/C14H22F2/c1-10(15)8-11(13(2,3)4)9-12(16)14(5,6)7/h8-9H,1H2,2-7H3/b11-8+,12-9+. The molecule has 0 aliphatic carbocycles. The fraction of sp³-hybridized carbons (Fsp3) is 0.571. The highest BCUT2D eigenvalue weighted by molar-refractivity contribution is 5.32. The molecule has 0 bridgehead atoms. The van der Waals surface area contributed by atoms with Gasteiger partial charge in [-0.3, -0.25) is 0 Å². The summed E-state index contributed by atoms with van der Waals surface area (Å²) >= 11 is 0. The van der Waals surface area contributed by atoms with Gasteiger partial charge in [0.1, 0.15) is 11.7 Å². The molecule has 0 spiro atoms. The third kappa shape index (κ3) is 5.24. The lowest BCUT2D eigenvalue weighted by atomic mass is 9.83. The number of hydrogen-bond donors (Lipinski definition) is 0. The summed E-state index contributed by atoms with van der Waals surface area (Å²) in [6, 6.07) is 0. The van der Waals surface area contributed by atoms with Crippen molar-refractivity contribution in [3.63, 3.8) is 0 Å². The predicted molar refractivity (Wildman–Crippen MR) is 66.4 cm³/mol. The van der Waals surface area contributed by atoms with Crippen molar-refractivity contribution in [1.82, 2.24) is 0 Å². The zero-order chi connectivity index (χ0) is 13.1. The third-order valence-corrected chi connectivity index (χ3v) is 2.18. The topological polar surface area (TPSA) is 0 Å². The molecule has 0 aliphatic rings. The highest BCUT2D eigenvalue weighted by Gasteiger charge is 2.21. The first-order valence-electron chi connectivity index (χ1n) is 5.39. The Hall–Kier alpha value is -0.920. The Balaban J connectivity index is 5.36. The van der Waals surface area contributed by atoms with E-state index < -0.39 is 11.2 Å². The van der Waals surface area contributed by atoms with Gasteiger partial charge in [0.05, 0.1) is 0 Å². The normalized spacial score (nSPS) is 15.2. The van der Waals surface area contributed by atoms with Crippen molar-refractivity contribution in [2.75, 3.05) is 0 Å². The van der Waals surface area contributed by atoms with Gasteiger partial charge in [0.2, 0.25) is 0 Å². The van der Waals surface area contributed by atoms with E-state index in [1.54, 1.807) is 20.8 Å². The Morgan fingerprint density at radius 3 is 1.56 bits per heavy atom. The average Bonchev–Trinajstić information content (AvgIpc) is 1.98. The molecular weight excluding hydrogens is 206 g/mol. The monoisotopic (exact) mass is 228 g/mol. The fourth-order valence-corrected chi connectivity index (χ4v) is 0.996. The van der Waals surface area contributed by atoms with Crippen molar-refractivity contribution >= 4 is 0 Å². The van der Waals surface area contributed by atoms with Gasteiger partial charge in [0.25, 0.3) is 0 Å². The Morgan fingerprint density at radius 2 is 1.31 bits per heavy atom. The van der Waals surface area contributed by atoms with Gasteiger partial charge in [0, 0.05) is 5.41 Å². The van der Waals surface area contributed by atoms with Gasteiger partial charge in [-0.2, -0.15) is 0 Å². The van der Waals surface area contributed by atoms with Crippen LogP contribution in [0.25, 0.3) is 0 Å². The summed E-state index contributed by atoms with van der Waals surface area (Å²) in [6.45, 7) is 14.3. The molecule has 0 fully saturated rings. The molecular formula is C14H22F2. The average molecular weight is 228 g/mol. The highest BCUT2D eigenvalue weighted by atomic mass is 19.1. The van der Waals surface area contributed by atoms with Gasteiger partial charge in [-0.05, 0) is 23.1 Å². The van der Waals surface area contributed by atoms with Crippen LogP contribution in [0.4, 0.5) is 8.78 Å². The van der Waals surface area contributed by atoms with Gasteiger partial charge in [-0.1, -0.05) is 48.1 Å². The summed E-state index contributed by atoms with van der Waals surface area (Å²) in [7, 11) is 0. The smallest absolute Gasteiger partial charge is 0.116 e. The first-order valence-corrected chi connectivity index (χ1v) is 5.39. The fourth-order valence-electron chi connectivity index (χ4n) is 0.996. The van der Waals surface area contributed by atoms with Crippen molar-refractivity contribution in [2.45, 2.75) is 41.5 Å². The van der Waals surface area contributed by atoms with Crippen LogP contribution in [0.5, 0.6) is 0 Å². The molecule has 0 heterocycles. The van der Waals surface area contributed by atoms with Gasteiger partial charge >= 0.3 is 0 Å². The molecule has 0 aromatic heterocycles. The minimum atomic E-state index is -0.554. The maximum atomic E-state index is 13.8. The zero-order valence-corrected chi connectivity index (χ0v) is 11.1. The quantitative estimate of drug-likeness (QED) is 0.559. The van der Waals surface area contributed by atoms with Crippen LogP contribution in [0.1, 0.15) is 41.5 Å². The predicted octanol–water partition coefficient (Wildman–Crippen LogP) is 5.34. The van der Waals surface area contributed by atoms with E-state index in [-0.39, 0.29) is 11.2 Å². The van der Waals surface area contributed by atoms with Gasteiger partial charge < -0.3 is 0 Å². The maximum absolute atomic E-state index is 13.8. The van der Waals surface area contributed by atoms with E-state index in [0.717, 1.165) is 0 Å². The molecule has 0 nitrogen and oxygen atoms in total. The second-order valence-corrected chi connectivity index (χ2v) is 6.04. The van der Waals surface area contributed by atoms with Crippen molar-refractivity contribution in [2.24, 2.45) is 10.8 Å². The minimum Gasteiger partial charge on any atom is -0.211 e. The SMILES string of the molecule is C=C(F)/C=C(\C=C(\F)C(C)(C)C)C(C)(C)C. The van der Waals surface area contributed by atoms with Crippen molar-refractivity contribution in [3.05, 3.63) is 36.0 Å². The van der Waals surface area contributed by atoms with E-state index in [0.29, 0.717) is 5.57 Å². The Kier molecular flexibility index (Phi) is 4.66. The molecule has 0 N–H and O–H groups in total. The lowest BCUT2D eigenvalue weighted by Crippen LogP contribution is -2.11. The molecule has 92 valence electrons. The zero-order valence-electron chi connectivity index (χ0n) is 11.1. The Labute approximate surface area is 97.7 Å². The summed E-state index contributed by atoms with van der Waals surface area (Å²) in [5, 5.41) is 0. The van der Waals surface area contributed by atoms with Crippen LogP contribution in [-0.4, -0.2) is 0 Å². The van der Waals surface area contributed by atoms with E-state index >= 15 is 0 Å². The van der Waals surface area contributed by atoms with Crippen molar-refractivity contribution in [3.8, 4) is 0 Å². The third-order valence-electron chi connectivity index (χ3n) is 2.18. The van der Waals surface area contributed by atoms with Gasteiger partial charge in [-0.25, -0.2) is 8.78 Å². The lowest BCUT2D eigenvalue weighted by molar-refractivity contribution is 0.379. The van der Waals surface area contributed by atoms with Gasteiger partial charge in [-0.15, -0.1) is 0 Å². The molecule has 0 radical (unpaired) electrons.